The fourth-order valence-electron chi connectivity index (χ4n) is 1.58. The van der Waals surface area contributed by atoms with Gasteiger partial charge in [-0.25, -0.2) is 0 Å². The summed E-state index contributed by atoms with van der Waals surface area (Å²) in [4.78, 5) is 3.96. The summed E-state index contributed by atoms with van der Waals surface area (Å²) in [7, 11) is 0. The lowest BCUT2D eigenvalue weighted by Gasteiger charge is -2.17. The first-order chi connectivity index (χ1) is 8.69. The number of halogens is 2. The topological polar surface area (TPSA) is 48.1 Å². The Hall–Kier alpha value is -1.29. The second-order valence-corrected chi connectivity index (χ2v) is 4.61. The highest BCUT2D eigenvalue weighted by molar-refractivity contribution is 6.30. The van der Waals surface area contributed by atoms with Gasteiger partial charge in [-0.1, -0.05) is 35.3 Å². The molecule has 5 heteroatoms. The van der Waals surface area contributed by atoms with Crippen molar-refractivity contribution in [2.75, 3.05) is 6.54 Å². The number of rotatable bonds is 4. The van der Waals surface area contributed by atoms with Crippen LogP contribution in [0.15, 0.2) is 42.7 Å². The van der Waals surface area contributed by atoms with E-state index in [-0.39, 0.29) is 6.10 Å². The summed E-state index contributed by atoms with van der Waals surface area (Å²) in [6, 6.07) is 9.11. The first kappa shape index (κ1) is 13.1. The van der Waals surface area contributed by atoms with Crippen molar-refractivity contribution in [2.24, 2.45) is 5.73 Å². The number of aromatic nitrogens is 1. The van der Waals surface area contributed by atoms with Gasteiger partial charge in [-0.15, -0.1) is 0 Å². The molecular formula is C13H12Cl2N2O. The summed E-state index contributed by atoms with van der Waals surface area (Å²) in [6.07, 6.45) is 2.87. The Bertz CT molecular complexity index is 534. The van der Waals surface area contributed by atoms with Crippen molar-refractivity contribution in [3.63, 3.8) is 0 Å². The number of hydrogen-bond acceptors (Lipinski definition) is 3. The van der Waals surface area contributed by atoms with Crippen molar-refractivity contribution in [3.8, 4) is 5.75 Å². The van der Waals surface area contributed by atoms with Gasteiger partial charge in [0.05, 0.1) is 11.2 Å². The molecule has 0 saturated carbocycles. The summed E-state index contributed by atoms with van der Waals surface area (Å²) in [5.41, 5.74) is 6.64. The second kappa shape index (κ2) is 6.05. The minimum absolute atomic E-state index is 0.274. The largest absolute Gasteiger partial charge is 0.483 e. The Morgan fingerprint density at radius 2 is 2.00 bits per heavy atom. The molecule has 1 aromatic carbocycles. The fraction of sp³-hybridized carbons (Fsp3) is 0.154. The smallest absolute Gasteiger partial charge is 0.140 e. The number of nitrogens with zero attached hydrogens (tertiary/aromatic N) is 1. The summed E-state index contributed by atoms with van der Waals surface area (Å²) in [5, 5.41) is 1.17. The highest BCUT2D eigenvalue weighted by Crippen LogP contribution is 2.24. The van der Waals surface area contributed by atoms with Gasteiger partial charge in [-0.3, -0.25) is 4.98 Å². The quantitative estimate of drug-likeness (QED) is 0.934. The van der Waals surface area contributed by atoms with E-state index in [0.29, 0.717) is 22.3 Å². The molecule has 0 saturated heterocycles. The summed E-state index contributed by atoms with van der Waals surface area (Å²) >= 11 is 11.8. The predicted octanol–water partition coefficient (Wildman–Crippen LogP) is 3.47. The third-order valence-electron chi connectivity index (χ3n) is 2.39. The van der Waals surface area contributed by atoms with Crippen LogP contribution >= 0.6 is 23.2 Å². The molecule has 0 spiro atoms. The third kappa shape index (κ3) is 3.35. The van der Waals surface area contributed by atoms with E-state index in [4.69, 9.17) is 33.7 Å². The van der Waals surface area contributed by atoms with Crippen molar-refractivity contribution < 1.29 is 4.74 Å². The Morgan fingerprint density at radius 3 is 2.67 bits per heavy atom. The molecule has 2 N–H and O–H groups in total. The Labute approximate surface area is 115 Å². The molecule has 1 atom stereocenters. The molecule has 0 bridgehead atoms. The zero-order valence-corrected chi connectivity index (χ0v) is 11.0. The first-order valence-corrected chi connectivity index (χ1v) is 6.17. The van der Waals surface area contributed by atoms with Crippen LogP contribution in [0.3, 0.4) is 0 Å². The zero-order valence-electron chi connectivity index (χ0n) is 9.51. The maximum Gasteiger partial charge on any atom is 0.140 e. The van der Waals surface area contributed by atoms with Crippen LogP contribution in [0.4, 0.5) is 0 Å². The van der Waals surface area contributed by atoms with Gasteiger partial charge in [-0.2, -0.15) is 0 Å². The van der Waals surface area contributed by atoms with E-state index in [1.54, 1.807) is 24.5 Å². The van der Waals surface area contributed by atoms with Crippen LogP contribution in [-0.4, -0.2) is 11.5 Å². The Morgan fingerprint density at radius 1 is 1.17 bits per heavy atom. The maximum absolute atomic E-state index is 5.94. The molecule has 0 fully saturated rings. The molecule has 94 valence electrons. The van der Waals surface area contributed by atoms with Crippen molar-refractivity contribution in [1.29, 1.82) is 0 Å². The van der Waals surface area contributed by atoms with E-state index in [2.05, 4.69) is 4.98 Å². The third-order valence-corrected chi connectivity index (χ3v) is 2.83. The molecule has 0 amide bonds. The van der Waals surface area contributed by atoms with Crippen LogP contribution in [0, 0.1) is 0 Å². The van der Waals surface area contributed by atoms with E-state index in [0.717, 1.165) is 5.56 Å². The molecule has 1 aromatic heterocycles. The minimum Gasteiger partial charge on any atom is -0.483 e. The lowest BCUT2D eigenvalue weighted by atomic mass is 10.1. The van der Waals surface area contributed by atoms with Gasteiger partial charge in [0, 0.05) is 23.8 Å². The number of nitrogens with two attached hydrogens (primary N) is 1. The molecule has 3 nitrogen and oxygen atoms in total. The van der Waals surface area contributed by atoms with Gasteiger partial charge in [-0.05, 0) is 17.7 Å². The summed E-state index contributed by atoms with van der Waals surface area (Å²) < 4.78 is 5.75. The van der Waals surface area contributed by atoms with Crippen molar-refractivity contribution in [1.82, 2.24) is 4.98 Å². The first-order valence-electron chi connectivity index (χ1n) is 5.42. The van der Waals surface area contributed by atoms with Crippen LogP contribution < -0.4 is 10.5 Å². The lowest BCUT2D eigenvalue weighted by Crippen LogP contribution is -2.18. The molecule has 0 radical (unpaired) electrons. The Kier molecular flexibility index (Phi) is 4.42. The number of pyridine rings is 1. The van der Waals surface area contributed by atoms with Gasteiger partial charge in [0.25, 0.3) is 0 Å². The molecule has 2 aromatic rings. The molecule has 1 heterocycles. The molecule has 1 unspecified atom stereocenters. The van der Waals surface area contributed by atoms with E-state index < -0.39 is 0 Å². The normalized spacial score (nSPS) is 12.2. The molecule has 0 aliphatic carbocycles. The SMILES string of the molecule is NCC(Oc1cncc(Cl)c1)c1cccc(Cl)c1. The van der Waals surface area contributed by atoms with Crippen LogP contribution in [-0.2, 0) is 0 Å². The Balaban J connectivity index is 2.19. The van der Waals surface area contributed by atoms with Crippen LogP contribution in [0.5, 0.6) is 5.75 Å². The second-order valence-electron chi connectivity index (χ2n) is 3.74. The molecule has 2 rings (SSSR count). The monoisotopic (exact) mass is 282 g/mol. The number of ether oxygens (including phenoxy) is 1. The van der Waals surface area contributed by atoms with E-state index >= 15 is 0 Å². The predicted molar refractivity (Wildman–Crippen MR) is 73.1 cm³/mol. The van der Waals surface area contributed by atoms with Crippen molar-refractivity contribution in [2.45, 2.75) is 6.10 Å². The number of hydrogen-bond donors (Lipinski definition) is 1. The van der Waals surface area contributed by atoms with Gasteiger partial charge in [0.2, 0.25) is 0 Å². The number of benzene rings is 1. The lowest BCUT2D eigenvalue weighted by molar-refractivity contribution is 0.213. The maximum atomic E-state index is 5.94. The molecule has 0 aliphatic rings. The average Bonchev–Trinajstić information content (AvgIpc) is 2.36. The van der Waals surface area contributed by atoms with Crippen LogP contribution in [0.1, 0.15) is 11.7 Å². The highest BCUT2D eigenvalue weighted by Gasteiger charge is 2.12. The van der Waals surface area contributed by atoms with Crippen molar-refractivity contribution in [3.05, 3.63) is 58.3 Å². The van der Waals surface area contributed by atoms with E-state index in [1.807, 2.05) is 18.2 Å². The standard InChI is InChI=1S/C13H12Cl2N2O/c14-10-3-1-2-9(4-10)13(6-16)18-12-5-11(15)7-17-8-12/h1-5,7-8,13H,6,16H2. The molecule has 18 heavy (non-hydrogen) atoms. The highest BCUT2D eigenvalue weighted by atomic mass is 35.5. The van der Waals surface area contributed by atoms with Crippen LogP contribution in [0.2, 0.25) is 10.0 Å². The van der Waals surface area contributed by atoms with Gasteiger partial charge in [0.1, 0.15) is 11.9 Å². The zero-order chi connectivity index (χ0) is 13.0. The van der Waals surface area contributed by atoms with Crippen molar-refractivity contribution >= 4 is 23.2 Å². The average molecular weight is 283 g/mol. The summed E-state index contributed by atoms with van der Waals surface area (Å²) in [6.45, 7) is 0.340. The van der Waals surface area contributed by atoms with E-state index in [9.17, 15) is 0 Å². The van der Waals surface area contributed by atoms with Gasteiger partial charge >= 0.3 is 0 Å². The van der Waals surface area contributed by atoms with Gasteiger partial charge in [0.15, 0.2) is 0 Å². The van der Waals surface area contributed by atoms with E-state index in [1.165, 1.54) is 0 Å². The fourth-order valence-corrected chi connectivity index (χ4v) is 1.94. The minimum atomic E-state index is -0.274. The molecular weight excluding hydrogens is 271 g/mol. The van der Waals surface area contributed by atoms with Gasteiger partial charge < -0.3 is 10.5 Å². The molecule has 0 aliphatic heterocycles. The summed E-state index contributed by atoms with van der Waals surface area (Å²) in [5.74, 6) is 0.581. The van der Waals surface area contributed by atoms with Crippen LogP contribution in [0.25, 0.3) is 0 Å².